The van der Waals surface area contributed by atoms with E-state index in [4.69, 9.17) is 4.74 Å². The summed E-state index contributed by atoms with van der Waals surface area (Å²) < 4.78 is 5.39. The summed E-state index contributed by atoms with van der Waals surface area (Å²) in [5.41, 5.74) is 1.08. The van der Waals surface area contributed by atoms with Gasteiger partial charge in [0, 0.05) is 19.6 Å². The highest BCUT2D eigenvalue weighted by Gasteiger charge is 2.10. The average Bonchev–Trinajstić information content (AvgIpc) is 2.46. The number of carbonyl (C=O) groups is 1. The second-order valence-corrected chi connectivity index (χ2v) is 4.72. The molecule has 0 spiro atoms. The average molecular weight is 278 g/mol. The highest BCUT2D eigenvalue weighted by Crippen LogP contribution is 2.11. The van der Waals surface area contributed by atoms with Gasteiger partial charge in [0.2, 0.25) is 0 Å². The fraction of sp³-hybridized carbons (Fsp3) is 0.562. The minimum Gasteiger partial charge on any atom is -0.494 e. The number of ether oxygens (including phenoxy) is 1. The molecule has 0 aliphatic heterocycles. The van der Waals surface area contributed by atoms with E-state index in [2.05, 4.69) is 19.2 Å². The number of nitrogens with zero attached hydrogens (tertiary/aromatic N) is 1. The van der Waals surface area contributed by atoms with Crippen LogP contribution in [0.1, 0.15) is 39.2 Å². The third-order valence-electron chi connectivity index (χ3n) is 2.95. The van der Waals surface area contributed by atoms with Gasteiger partial charge in [-0.2, -0.15) is 0 Å². The largest absolute Gasteiger partial charge is 0.494 e. The minimum absolute atomic E-state index is 0.0163. The van der Waals surface area contributed by atoms with Gasteiger partial charge in [-0.25, -0.2) is 4.79 Å². The van der Waals surface area contributed by atoms with Crippen molar-refractivity contribution in [2.75, 3.05) is 19.7 Å². The number of rotatable bonds is 8. The summed E-state index contributed by atoms with van der Waals surface area (Å²) in [6.45, 7) is 8.97. The summed E-state index contributed by atoms with van der Waals surface area (Å²) in [5.74, 6) is 0.862. The van der Waals surface area contributed by atoms with Gasteiger partial charge in [-0.3, -0.25) is 0 Å². The second-order valence-electron chi connectivity index (χ2n) is 4.72. The van der Waals surface area contributed by atoms with Crippen molar-refractivity contribution in [3.05, 3.63) is 29.8 Å². The van der Waals surface area contributed by atoms with Crippen molar-refractivity contribution in [3.8, 4) is 5.75 Å². The number of urea groups is 1. The number of hydrogen-bond donors (Lipinski definition) is 1. The Bertz CT molecular complexity index is 384. The van der Waals surface area contributed by atoms with Gasteiger partial charge in [-0.15, -0.1) is 0 Å². The van der Waals surface area contributed by atoms with Crippen molar-refractivity contribution in [1.29, 1.82) is 0 Å². The Balaban J connectivity index is 2.46. The van der Waals surface area contributed by atoms with Crippen molar-refractivity contribution in [2.45, 2.75) is 40.2 Å². The van der Waals surface area contributed by atoms with Crippen LogP contribution in [-0.2, 0) is 6.54 Å². The summed E-state index contributed by atoms with van der Waals surface area (Å²) in [7, 11) is 0. The third-order valence-corrected chi connectivity index (χ3v) is 2.95. The molecular weight excluding hydrogens is 252 g/mol. The summed E-state index contributed by atoms with van der Waals surface area (Å²) in [6, 6.07) is 7.84. The number of amides is 2. The maximum Gasteiger partial charge on any atom is 0.317 e. The van der Waals surface area contributed by atoms with Crippen molar-refractivity contribution in [2.24, 2.45) is 0 Å². The summed E-state index contributed by atoms with van der Waals surface area (Å²) in [4.78, 5) is 13.9. The van der Waals surface area contributed by atoms with Gasteiger partial charge >= 0.3 is 6.03 Å². The highest BCUT2D eigenvalue weighted by molar-refractivity contribution is 5.74. The topological polar surface area (TPSA) is 41.6 Å². The van der Waals surface area contributed by atoms with Crippen LogP contribution in [0.5, 0.6) is 5.75 Å². The van der Waals surface area contributed by atoms with E-state index in [1.54, 1.807) is 0 Å². The van der Waals surface area contributed by atoms with E-state index in [1.165, 1.54) is 0 Å². The molecule has 20 heavy (non-hydrogen) atoms. The van der Waals surface area contributed by atoms with Gasteiger partial charge in [0.15, 0.2) is 0 Å². The first-order chi connectivity index (χ1) is 9.71. The molecule has 0 radical (unpaired) electrons. The standard InChI is InChI=1S/C16H26N2O2/c1-4-11-18(12-5-2)16(19)17-13-14-7-9-15(10-8-14)20-6-3/h7-10H,4-6,11-13H2,1-3H3,(H,17,19). The Morgan fingerprint density at radius 1 is 1.10 bits per heavy atom. The van der Waals surface area contributed by atoms with Gasteiger partial charge < -0.3 is 15.0 Å². The first-order valence-corrected chi connectivity index (χ1v) is 7.45. The Hall–Kier alpha value is -1.71. The highest BCUT2D eigenvalue weighted by atomic mass is 16.5. The molecule has 1 rings (SSSR count). The van der Waals surface area contributed by atoms with E-state index in [1.807, 2.05) is 36.1 Å². The molecular formula is C16H26N2O2. The van der Waals surface area contributed by atoms with Crippen LogP contribution in [0.15, 0.2) is 24.3 Å². The van der Waals surface area contributed by atoms with E-state index in [-0.39, 0.29) is 6.03 Å². The molecule has 4 nitrogen and oxygen atoms in total. The van der Waals surface area contributed by atoms with Crippen LogP contribution < -0.4 is 10.1 Å². The molecule has 0 unspecified atom stereocenters. The fourth-order valence-electron chi connectivity index (χ4n) is 2.01. The van der Waals surface area contributed by atoms with Crippen molar-refractivity contribution in [1.82, 2.24) is 10.2 Å². The SMILES string of the molecule is CCCN(CCC)C(=O)NCc1ccc(OCC)cc1. The van der Waals surface area contributed by atoms with Gasteiger partial charge in [0.25, 0.3) is 0 Å². The lowest BCUT2D eigenvalue weighted by atomic mass is 10.2. The molecule has 1 aromatic rings. The lowest BCUT2D eigenvalue weighted by Gasteiger charge is -2.21. The Morgan fingerprint density at radius 2 is 1.70 bits per heavy atom. The first kappa shape index (κ1) is 16.3. The maximum atomic E-state index is 12.1. The molecule has 0 fully saturated rings. The molecule has 1 aromatic carbocycles. The number of nitrogens with one attached hydrogen (secondary N) is 1. The van der Waals surface area contributed by atoms with Crippen LogP contribution in [0.4, 0.5) is 4.79 Å². The molecule has 0 aliphatic carbocycles. The van der Waals surface area contributed by atoms with E-state index in [9.17, 15) is 4.79 Å². The van der Waals surface area contributed by atoms with Crippen molar-refractivity contribution in [3.63, 3.8) is 0 Å². The van der Waals surface area contributed by atoms with Crippen LogP contribution in [0.25, 0.3) is 0 Å². The normalized spacial score (nSPS) is 10.2. The number of hydrogen-bond acceptors (Lipinski definition) is 2. The fourth-order valence-corrected chi connectivity index (χ4v) is 2.01. The van der Waals surface area contributed by atoms with Crippen LogP contribution in [0.3, 0.4) is 0 Å². The number of benzene rings is 1. The maximum absolute atomic E-state index is 12.1. The smallest absolute Gasteiger partial charge is 0.317 e. The molecule has 4 heteroatoms. The Labute approximate surface area is 122 Å². The second kappa shape index (κ2) is 9.23. The lowest BCUT2D eigenvalue weighted by molar-refractivity contribution is 0.197. The molecule has 0 saturated carbocycles. The summed E-state index contributed by atoms with van der Waals surface area (Å²) >= 11 is 0. The molecule has 0 heterocycles. The lowest BCUT2D eigenvalue weighted by Crippen LogP contribution is -2.40. The molecule has 0 atom stereocenters. The Morgan fingerprint density at radius 3 is 2.20 bits per heavy atom. The monoisotopic (exact) mass is 278 g/mol. The number of carbonyl (C=O) groups excluding carboxylic acids is 1. The Kier molecular flexibility index (Phi) is 7.55. The van der Waals surface area contributed by atoms with Gasteiger partial charge in [-0.05, 0) is 37.5 Å². The molecule has 0 saturated heterocycles. The van der Waals surface area contributed by atoms with Crippen molar-refractivity contribution < 1.29 is 9.53 Å². The summed E-state index contributed by atoms with van der Waals surface area (Å²) in [5, 5.41) is 2.97. The van der Waals surface area contributed by atoms with Gasteiger partial charge in [0.1, 0.15) is 5.75 Å². The van der Waals surface area contributed by atoms with Crippen molar-refractivity contribution >= 4 is 6.03 Å². The van der Waals surface area contributed by atoms with E-state index in [0.29, 0.717) is 13.2 Å². The molecule has 0 aliphatic rings. The molecule has 0 bridgehead atoms. The van der Waals surface area contributed by atoms with E-state index < -0.39 is 0 Å². The van der Waals surface area contributed by atoms with Crippen LogP contribution in [-0.4, -0.2) is 30.6 Å². The van der Waals surface area contributed by atoms with Crippen LogP contribution in [0, 0.1) is 0 Å². The third kappa shape index (κ3) is 5.51. The molecule has 0 aromatic heterocycles. The molecule has 1 N–H and O–H groups in total. The first-order valence-electron chi connectivity index (χ1n) is 7.45. The molecule has 2 amide bonds. The zero-order valence-corrected chi connectivity index (χ0v) is 12.8. The van der Waals surface area contributed by atoms with Crippen LogP contribution >= 0.6 is 0 Å². The predicted molar refractivity (Wildman–Crippen MR) is 82.0 cm³/mol. The minimum atomic E-state index is 0.0163. The van der Waals surface area contributed by atoms with Crippen LogP contribution in [0.2, 0.25) is 0 Å². The van der Waals surface area contributed by atoms with Gasteiger partial charge in [0.05, 0.1) is 6.61 Å². The predicted octanol–water partition coefficient (Wildman–Crippen LogP) is 3.42. The molecule has 112 valence electrons. The zero-order chi connectivity index (χ0) is 14.8. The van der Waals surface area contributed by atoms with E-state index >= 15 is 0 Å². The zero-order valence-electron chi connectivity index (χ0n) is 12.8. The quantitative estimate of drug-likeness (QED) is 0.791. The van der Waals surface area contributed by atoms with E-state index in [0.717, 1.165) is 37.2 Å². The van der Waals surface area contributed by atoms with Gasteiger partial charge in [-0.1, -0.05) is 26.0 Å². The summed E-state index contributed by atoms with van der Waals surface area (Å²) in [6.07, 6.45) is 1.97.